The predicted octanol–water partition coefficient (Wildman–Crippen LogP) is 3.34. The molecule has 0 aliphatic carbocycles. The molecule has 1 aliphatic heterocycles. The van der Waals surface area contributed by atoms with Crippen LogP contribution in [0.2, 0.25) is 0 Å². The largest absolute Gasteiger partial charge is 0.381 e. The van der Waals surface area contributed by atoms with Gasteiger partial charge in [-0.15, -0.1) is 11.3 Å². The molecule has 1 aliphatic rings. The summed E-state index contributed by atoms with van der Waals surface area (Å²) in [6.07, 6.45) is 2.42. The van der Waals surface area contributed by atoms with Crippen molar-refractivity contribution in [1.82, 2.24) is 10.3 Å². The fraction of sp³-hybridized carbons (Fsp3) is 0.786. The molecule has 4 heteroatoms. The topological polar surface area (TPSA) is 34.2 Å². The summed E-state index contributed by atoms with van der Waals surface area (Å²) < 4.78 is 5.62. The number of aromatic nitrogens is 1. The van der Waals surface area contributed by atoms with Gasteiger partial charge in [0.2, 0.25) is 0 Å². The van der Waals surface area contributed by atoms with Crippen LogP contribution in [0.4, 0.5) is 0 Å². The third-order valence-electron chi connectivity index (χ3n) is 3.49. The zero-order valence-corrected chi connectivity index (χ0v) is 12.4. The van der Waals surface area contributed by atoms with Crippen LogP contribution in [0.1, 0.15) is 56.3 Å². The number of ether oxygens (including phenoxy) is 1. The lowest BCUT2D eigenvalue weighted by Crippen LogP contribution is -2.33. The number of hydrogen-bond donors (Lipinski definition) is 1. The van der Waals surface area contributed by atoms with Crippen molar-refractivity contribution in [3.05, 3.63) is 16.1 Å². The van der Waals surface area contributed by atoms with Crippen molar-refractivity contribution in [2.45, 2.75) is 45.6 Å². The fourth-order valence-corrected chi connectivity index (χ4v) is 3.56. The Morgan fingerprint density at radius 2 is 2.39 bits per heavy atom. The normalized spacial score (nSPS) is 22.3. The molecule has 2 rings (SSSR count). The molecule has 2 atom stereocenters. The first-order valence-corrected chi connectivity index (χ1v) is 7.86. The minimum Gasteiger partial charge on any atom is -0.381 e. The van der Waals surface area contributed by atoms with E-state index in [0.29, 0.717) is 17.9 Å². The fourth-order valence-electron chi connectivity index (χ4n) is 2.41. The first-order valence-electron chi connectivity index (χ1n) is 6.98. The molecular formula is C14H24N2OS. The van der Waals surface area contributed by atoms with Crippen LogP contribution in [0.25, 0.3) is 0 Å². The number of hydrogen-bond acceptors (Lipinski definition) is 4. The lowest BCUT2D eigenvalue weighted by Gasteiger charge is -2.29. The highest BCUT2D eigenvalue weighted by molar-refractivity contribution is 7.09. The monoisotopic (exact) mass is 268 g/mol. The van der Waals surface area contributed by atoms with Gasteiger partial charge in [-0.2, -0.15) is 0 Å². The minimum atomic E-state index is 0.368. The van der Waals surface area contributed by atoms with Crippen molar-refractivity contribution in [3.63, 3.8) is 0 Å². The number of nitrogens with one attached hydrogen (secondary N) is 1. The lowest BCUT2D eigenvalue weighted by molar-refractivity contribution is 0.0392. The van der Waals surface area contributed by atoms with E-state index in [-0.39, 0.29) is 0 Å². The van der Waals surface area contributed by atoms with Gasteiger partial charge in [-0.05, 0) is 25.3 Å². The molecule has 0 aromatic carbocycles. The van der Waals surface area contributed by atoms with Gasteiger partial charge in [0.05, 0.1) is 18.3 Å². The molecular weight excluding hydrogens is 244 g/mol. The van der Waals surface area contributed by atoms with Crippen molar-refractivity contribution in [2.75, 3.05) is 19.8 Å². The first kappa shape index (κ1) is 14.0. The van der Waals surface area contributed by atoms with Gasteiger partial charge in [0.25, 0.3) is 0 Å². The van der Waals surface area contributed by atoms with Crippen LogP contribution in [-0.4, -0.2) is 24.7 Å². The maximum absolute atomic E-state index is 5.62. The third kappa shape index (κ3) is 3.31. The van der Waals surface area contributed by atoms with Gasteiger partial charge in [0.15, 0.2) is 0 Å². The second kappa shape index (κ2) is 6.64. The molecule has 102 valence electrons. The van der Waals surface area contributed by atoms with Crippen molar-refractivity contribution >= 4 is 11.3 Å². The van der Waals surface area contributed by atoms with Crippen LogP contribution in [-0.2, 0) is 4.74 Å². The van der Waals surface area contributed by atoms with Gasteiger partial charge >= 0.3 is 0 Å². The van der Waals surface area contributed by atoms with E-state index in [1.54, 1.807) is 11.3 Å². The SMILES string of the molecule is CCNC(c1nc(C(C)C)cs1)C1CCCOC1. The van der Waals surface area contributed by atoms with E-state index < -0.39 is 0 Å². The molecule has 18 heavy (non-hydrogen) atoms. The van der Waals surface area contributed by atoms with Crippen LogP contribution < -0.4 is 5.32 Å². The predicted molar refractivity (Wildman–Crippen MR) is 76.2 cm³/mol. The van der Waals surface area contributed by atoms with E-state index in [1.807, 2.05) is 0 Å². The van der Waals surface area contributed by atoms with Gasteiger partial charge in [-0.1, -0.05) is 20.8 Å². The Balaban J connectivity index is 2.11. The summed E-state index contributed by atoms with van der Waals surface area (Å²) in [4.78, 5) is 4.80. The molecule has 1 aromatic rings. The standard InChI is InChI=1S/C14H24N2OS/c1-4-15-13(11-6-5-7-17-8-11)14-16-12(9-18-14)10(2)3/h9-11,13,15H,4-8H2,1-3H3. The number of thiazole rings is 1. The zero-order valence-electron chi connectivity index (χ0n) is 11.6. The molecule has 0 spiro atoms. The summed E-state index contributed by atoms with van der Waals surface area (Å²) in [5.74, 6) is 1.09. The Hall–Kier alpha value is -0.450. The second-order valence-electron chi connectivity index (χ2n) is 5.28. The van der Waals surface area contributed by atoms with Crippen LogP contribution in [0.15, 0.2) is 5.38 Å². The van der Waals surface area contributed by atoms with Gasteiger partial charge in [0, 0.05) is 17.9 Å². The van der Waals surface area contributed by atoms with E-state index >= 15 is 0 Å². The van der Waals surface area contributed by atoms with E-state index in [0.717, 1.165) is 19.8 Å². The molecule has 0 saturated carbocycles. The van der Waals surface area contributed by atoms with Crippen LogP contribution in [0.5, 0.6) is 0 Å². The molecule has 1 saturated heterocycles. The molecule has 0 bridgehead atoms. The van der Waals surface area contributed by atoms with Crippen LogP contribution in [0.3, 0.4) is 0 Å². The van der Waals surface area contributed by atoms with E-state index in [4.69, 9.17) is 9.72 Å². The second-order valence-corrected chi connectivity index (χ2v) is 6.17. The van der Waals surface area contributed by atoms with E-state index in [2.05, 4.69) is 31.5 Å². The average Bonchev–Trinajstić information content (AvgIpc) is 2.86. The Kier molecular flexibility index (Phi) is 5.15. The summed E-state index contributed by atoms with van der Waals surface area (Å²) in [7, 11) is 0. The quantitative estimate of drug-likeness (QED) is 0.889. The molecule has 2 unspecified atom stereocenters. The molecule has 1 aromatic heterocycles. The van der Waals surface area contributed by atoms with Crippen molar-refractivity contribution in [3.8, 4) is 0 Å². The van der Waals surface area contributed by atoms with Crippen molar-refractivity contribution < 1.29 is 4.74 Å². The summed E-state index contributed by atoms with van der Waals surface area (Å²) in [6.45, 7) is 9.33. The summed E-state index contributed by atoms with van der Waals surface area (Å²) in [5.41, 5.74) is 1.22. The Bertz CT molecular complexity index is 358. The highest BCUT2D eigenvalue weighted by Crippen LogP contribution is 2.31. The number of rotatable bonds is 5. The Morgan fingerprint density at radius 1 is 1.56 bits per heavy atom. The smallest absolute Gasteiger partial charge is 0.110 e. The molecule has 1 N–H and O–H groups in total. The van der Waals surface area contributed by atoms with Crippen molar-refractivity contribution in [1.29, 1.82) is 0 Å². The van der Waals surface area contributed by atoms with Gasteiger partial charge < -0.3 is 10.1 Å². The lowest BCUT2D eigenvalue weighted by atomic mass is 9.94. The maximum Gasteiger partial charge on any atom is 0.110 e. The van der Waals surface area contributed by atoms with E-state index in [1.165, 1.54) is 23.5 Å². The molecule has 2 heterocycles. The Labute approximate surface area is 114 Å². The molecule has 1 fully saturated rings. The summed E-state index contributed by atoms with van der Waals surface area (Å²) in [6, 6.07) is 0.368. The Morgan fingerprint density at radius 3 is 2.94 bits per heavy atom. The minimum absolute atomic E-state index is 0.368. The zero-order chi connectivity index (χ0) is 13.0. The summed E-state index contributed by atoms with van der Waals surface area (Å²) >= 11 is 1.79. The average molecular weight is 268 g/mol. The molecule has 0 amide bonds. The highest BCUT2D eigenvalue weighted by Gasteiger charge is 2.27. The van der Waals surface area contributed by atoms with Gasteiger partial charge in [-0.25, -0.2) is 4.98 Å². The van der Waals surface area contributed by atoms with Gasteiger partial charge in [-0.3, -0.25) is 0 Å². The van der Waals surface area contributed by atoms with Crippen LogP contribution in [0, 0.1) is 5.92 Å². The van der Waals surface area contributed by atoms with E-state index in [9.17, 15) is 0 Å². The maximum atomic E-state index is 5.62. The summed E-state index contributed by atoms with van der Waals surface area (Å²) in [5, 5.41) is 7.02. The van der Waals surface area contributed by atoms with Crippen molar-refractivity contribution in [2.24, 2.45) is 5.92 Å². The highest BCUT2D eigenvalue weighted by atomic mass is 32.1. The molecule has 3 nitrogen and oxygen atoms in total. The first-order chi connectivity index (χ1) is 8.72. The van der Waals surface area contributed by atoms with Crippen LogP contribution >= 0.6 is 11.3 Å². The third-order valence-corrected chi connectivity index (χ3v) is 4.43. The van der Waals surface area contributed by atoms with Gasteiger partial charge in [0.1, 0.15) is 5.01 Å². The number of nitrogens with zero attached hydrogens (tertiary/aromatic N) is 1. The molecule has 0 radical (unpaired) electrons.